The molecule has 0 aliphatic carbocycles. The lowest BCUT2D eigenvalue weighted by Crippen LogP contribution is -2.49. The van der Waals surface area contributed by atoms with Crippen LogP contribution in [0.4, 0.5) is 0 Å². The molecule has 0 radical (unpaired) electrons. The molecular weight excluding hydrogens is 150 g/mol. The molecule has 0 saturated carbocycles. The fourth-order valence-electron chi connectivity index (χ4n) is 2.34. The van der Waals surface area contributed by atoms with Crippen LogP contribution in [-0.4, -0.2) is 24.8 Å². The maximum atomic E-state index is 6.04. The second-order valence-electron chi connectivity index (χ2n) is 4.71. The van der Waals surface area contributed by atoms with Crippen LogP contribution in [0, 0.1) is 5.92 Å². The van der Waals surface area contributed by atoms with E-state index >= 15 is 0 Å². The van der Waals surface area contributed by atoms with Crippen LogP contribution in [0.1, 0.15) is 33.1 Å². The molecule has 2 aliphatic heterocycles. The first-order valence-electron chi connectivity index (χ1n) is 5.06. The molecule has 0 spiro atoms. The zero-order valence-electron chi connectivity index (χ0n) is 8.10. The monoisotopic (exact) mass is 169 g/mol. The lowest BCUT2D eigenvalue weighted by molar-refractivity contribution is -0.142. The summed E-state index contributed by atoms with van der Waals surface area (Å²) in [6.07, 6.45) is 4.30. The van der Waals surface area contributed by atoms with Crippen molar-refractivity contribution in [2.45, 2.75) is 44.8 Å². The standard InChI is InChI=1S/C10H19NO/c1-10(2)5-3-8-7-11-6-4-9(8)12-10/h8-9,11H,3-7H2,1-2H3/t8-,9+/m0/s1. The van der Waals surface area contributed by atoms with Gasteiger partial charge in [-0.2, -0.15) is 0 Å². The summed E-state index contributed by atoms with van der Waals surface area (Å²) in [5.74, 6) is 0.784. The van der Waals surface area contributed by atoms with Gasteiger partial charge in [-0.05, 0) is 45.6 Å². The van der Waals surface area contributed by atoms with Crippen molar-refractivity contribution >= 4 is 0 Å². The lowest BCUT2D eigenvalue weighted by Gasteiger charge is -2.43. The highest BCUT2D eigenvalue weighted by Gasteiger charge is 2.36. The summed E-state index contributed by atoms with van der Waals surface area (Å²) in [6.45, 7) is 6.73. The fraction of sp³-hybridized carbons (Fsp3) is 1.00. The smallest absolute Gasteiger partial charge is 0.0634 e. The van der Waals surface area contributed by atoms with Gasteiger partial charge in [0.1, 0.15) is 0 Å². The Labute approximate surface area is 74.7 Å². The summed E-state index contributed by atoms with van der Waals surface area (Å²) in [5, 5.41) is 3.43. The quantitative estimate of drug-likeness (QED) is 0.594. The first-order chi connectivity index (χ1) is 5.67. The SMILES string of the molecule is CC1(C)CC[C@H]2CNCC[C@H]2O1. The molecule has 70 valence electrons. The highest BCUT2D eigenvalue weighted by molar-refractivity contribution is 4.87. The van der Waals surface area contributed by atoms with E-state index in [9.17, 15) is 0 Å². The second-order valence-corrected chi connectivity index (χ2v) is 4.71. The average molecular weight is 169 g/mol. The zero-order chi connectivity index (χ0) is 8.60. The molecule has 0 bridgehead atoms. The van der Waals surface area contributed by atoms with E-state index in [0.29, 0.717) is 6.10 Å². The lowest BCUT2D eigenvalue weighted by atomic mass is 9.84. The van der Waals surface area contributed by atoms with Gasteiger partial charge in [0, 0.05) is 6.54 Å². The van der Waals surface area contributed by atoms with Crippen molar-refractivity contribution in [3.05, 3.63) is 0 Å². The van der Waals surface area contributed by atoms with Crippen molar-refractivity contribution in [2.24, 2.45) is 5.92 Å². The van der Waals surface area contributed by atoms with Crippen LogP contribution in [0.15, 0.2) is 0 Å². The maximum Gasteiger partial charge on any atom is 0.0634 e. The van der Waals surface area contributed by atoms with Gasteiger partial charge < -0.3 is 10.1 Å². The van der Waals surface area contributed by atoms with E-state index in [0.717, 1.165) is 12.5 Å². The fourth-order valence-corrected chi connectivity index (χ4v) is 2.34. The number of hydrogen-bond acceptors (Lipinski definition) is 2. The third-order valence-electron chi connectivity index (χ3n) is 3.13. The molecule has 0 amide bonds. The molecule has 2 aliphatic rings. The molecule has 12 heavy (non-hydrogen) atoms. The van der Waals surface area contributed by atoms with Gasteiger partial charge in [-0.25, -0.2) is 0 Å². The molecule has 2 heteroatoms. The van der Waals surface area contributed by atoms with E-state index in [4.69, 9.17) is 4.74 Å². The van der Waals surface area contributed by atoms with Crippen molar-refractivity contribution < 1.29 is 4.74 Å². The zero-order valence-corrected chi connectivity index (χ0v) is 8.10. The van der Waals surface area contributed by atoms with Crippen LogP contribution in [0.25, 0.3) is 0 Å². The van der Waals surface area contributed by atoms with E-state index < -0.39 is 0 Å². The van der Waals surface area contributed by atoms with Gasteiger partial charge >= 0.3 is 0 Å². The van der Waals surface area contributed by atoms with Crippen LogP contribution < -0.4 is 5.32 Å². The molecule has 2 fully saturated rings. The molecule has 2 saturated heterocycles. The predicted octanol–water partition coefficient (Wildman–Crippen LogP) is 1.55. The van der Waals surface area contributed by atoms with Crippen LogP contribution >= 0.6 is 0 Å². The minimum Gasteiger partial charge on any atom is -0.372 e. The Balaban J connectivity index is 1.99. The molecule has 0 aromatic rings. The van der Waals surface area contributed by atoms with Crippen molar-refractivity contribution in [1.29, 1.82) is 0 Å². The van der Waals surface area contributed by atoms with Gasteiger partial charge in [0.25, 0.3) is 0 Å². The topological polar surface area (TPSA) is 21.3 Å². The van der Waals surface area contributed by atoms with Crippen LogP contribution in [0.5, 0.6) is 0 Å². The molecule has 2 atom stereocenters. The summed E-state index contributed by atoms with van der Waals surface area (Å²) >= 11 is 0. The van der Waals surface area contributed by atoms with Crippen LogP contribution in [-0.2, 0) is 4.74 Å². The highest BCUT2D eigenvalue weighted by Crippen LogP contribution is 2.34. The summed E-state index contributed by atoms with van der Waals surface area (Å²) in [5.41, 5.74) is 0.137. The van der Waals surface area contributed by atoms with E-state index in [1.165, 1.54) is 25.8 Å². The van der Waals surface area contributed by atoms with E-state index in [2.05, 4.69) is 19.2 Å². The Hall–Kier alpha value is -0.0800. The molecule has 0 unspecified atom stereocenters. The number of rotatable bonds is 0. The molecular formula is C10H19NO. The van der Waals surface area contributed by atoms with E-state index in [1.807, 2.05) is 0 Å². The molecule has 0 aromatic carbocycles. The largest absolute Gasteiger partial charge is 0.372 e. The number of fused-ring (bicyclic) bond motifs is 1. The summed E-state index contributed by atoms with van der Waals surface area (Å²) in [6, 6.07) is 0. The summed E-state index contributed by atoms with van der Waals surface area (Å²) in [4.78, 5) is 0. The maximum absolute atomic E-state index is 6.04. The Morgan fingerprint density at radius 2 is 2.17 bits per heavy atom. The van der Waals surface area contributed by atoms with Crippen molar-refractivity contribution in [1.82, 2.24) is 5.32 Å². The van der Waals surface area contributed by atoms with Crippen molar-refractivity contribution in [2.75, 3.05) is 13.1 Å². The third kappa shape index (κ3) is 1.64. The van der Waals surface area contributed by atoms with E-state index in [1.54, 1.807) is 0 Å². The van der Waals surface area contributed by atoms with Crippen molar-refractivity contribution in [3.63, 3.8) is 0 Å². The number of ether oxygens (including phenoxy) is 1. The van der Waals surface area contributed by atoms with Gasteiger partial charge in [0.2, 0.25) is 0 Å². The Morgan fingerprint density at radius 1 is 1.33 bits per heavy atom. The van der Waals surface area contributed by atoms with Gasteiger partial charge in [0.15, 0.2) is 0 Å². The van der Waals surface area contributed by atoms with Gasteiger partial charge in [0.05, 0.1) is 11.7 Å². The van der Waals surface area contributed by atoms with Crippen LogP contribution in [0.3, 0.4) is 0 Å². The first-order valence-corrected chi connectivity index (χ1v) is 5.06. The van der Waals surface area contributed by atoms with E-state index in [-0.39, 0.29) is 5.60 Å². The Morgan fingerprint density at radius 3 is 3.00 bits per heavy atom. The molecule has 2 nitrogen and oxygen atoms in total. The predicted molar refractivity (Wildman–Crippen MR) is 49.2 cm³/mol. The van der Waals surface area contributed by atoms with Crippen molar-refractivity contribution in [3.8, 4) is 0 Å². The summed E-state index contributed by atoms with van der Waals surface area (Å²) < 4.78 is 6.04. The minimum atomic E-state index is 0.137. The third-order valence-corrected chi connectivity index (χ3v) is 3.13. The molecule has 2 rings (SSSR count). The van der Waals surface area contributed by atoms with Gasteiger partial charge in [-0.1, -0.05) is 0 Å². The highest BCUT2D eigenvalue weighted by atomic mass is 16.5. The number of hydrogen-bond donors (Lipinski definition) is 1. The van der Waals surface area contributed by atoms with Crippen LogP contribution in [0.2, 0.25) is 0 Å². The Bertz CT molecular complexity index is 167. The molecule has 2 heterocycles. The number of piperidine rings is 1. The van der Waals surface area contributed by atoms with Gasteiger partial charge in [-0.15, -0.1) is 0 Å². The average Bonchev–Trinajstić information content (AvgIpc) is 2.02. The Kier molecular flexibility index (Phi) is 2.13. The normalized spacial score (nSPS) is 40.5. The number of nitrogens with one attached hydrogen (secondary N) is 1. The first kappa shape index (κ1) is 8.52. The molecule has 1 N–H and O–H groups in total. The second kappa shape index (κ2) is 3.00. The molecule has 0 aromatic heterocycles. The summed E-state index contributed by atoms with van der Waals surface area (Å²) in [7, 11) is 0. The minimum absolute atomic E-state index is 0.137. The van der Waals surface area contributed by atoms with Gasteiger partial charge in [-0.3, -0.25) is 0 Å².